The molecule has 0 atom stereocenters. The summed E-state index contributed by atoms with van der Waals surface area (Å²) >= 11 is 0. The van der Waals surface area contributed by atoms with Crippen LogP contribution in [0.4, 0.5) is 0 Å². The Labute approximate surface area is 137 Å². The van der Waals surface area contributed by atoms with Gasteiger partial charge in [0.2, 0.25) is 0 Å². The van der Waals surface area contributed by atoms with Crippen LogP contribution in [0, 0.1) is 0 Å². The maximum atomic E-state index is 12.1. The molecule has 6 heteroatoms. The number of carbonyl (C=O) groups excluding carboxylic acids is 1. The van der Waals surface area contributed by atoms with E-state index in [0.717, 1.165) is 16.5 Å². The van der Waals surface area contributed by atoms with E-state index in [0.29, 0.717) is 24.4 Å². The van der Waals surface area contributed by atoms with Crippen molar-refractivity contribution in [1.29, 1.82) is 0 Å². The van der Waals surface area contributed by atoms with Crippen LogP contribution in [0.1, 0.15) is 10.6 Å². The first kappa shape index (κ1) is 14.3. The Balaban J connectivity index is 1.36. The van der Waals surface area contributed by atoms with Crippen molar-refractivity contribution in [1.82, 2.24) is 15.1 Å². The van der Waals surface area contributed by atoms with Gasteiger partial charge in [-0.3, -0.25) is 9.48 Å². The van der Waals surface area contributed by atoms with E-state index in [1.54, 1.807) is 29.5 Å². The van der Waals surface area contributed by atoms with Gasteiger partial charge in [0.05, 0.1) is 25.3 Å². The quantitative estimate of drug-likeness (QED) is 0.612. The van der Waals surface area contributed by atoms with Crippen LogP contribution in [-0.2, 0) is 6.54 Å². The molecule has 1 amide bonds. The maximum Gasteiger partial charge on any atom is 0.287 e. The van der Waals surface area contributed by atoms with E-state index < -0.39 is 0 Å². The van der Waals surface area contributed by atoms with Crippen molar-refractivity contribution in [3.8, 4) is 11.1 Å². The predicted molar refractivity (Wildman–Crippen MR) is 88.5 cm³/mol. The lowest BCUT2D eigenvalue weighted by atomic mass is 10.2. The second-order valence-corrected chi connectivity index (χ2v) is 5.41. The highest BCUT2D eigenvalue weighted by atomic mass is 16.3. The van der Waals surface area contributed by atoms with Gasteiger partial charge in [0.25, 0.3) is 5.91 Å². The SMILES string of the molecule is O=C(NCCn1cc(-c2ccoc2)cn1)c1cc2ccccc2o1. The molecule has 0 spiro atoms. The number of amides is 1. The topological polar surface area (TPSA) is 73.2 Å². The molecule has 0 aliphatic heterocycles. The van der Waals surface area contributed by atoms with Crippen LogP contribution in [0.5, 0.6) is 0 Å². The zero-order valence-corrected chi connectivity index (χ0v) is 12.8. The molecular formula is C18H15N3O3. The molecule has 4 rings (SSSR count). The van der Waals surface area contributed by atoms with Crippen molar-refractivity contribution >= 4 is 16.9 Å². The van der Waals surface area contributed by atoms with E-state index in [-0.39, 0.29) is 5.91 Å². The molecule has 3 heterocycles. The molecule has 1 aromatic carbocycles. The van der Waals surface area contributed by atoms with Crippen LogP contribution in [0.25, 0.3) is 22.1 Å². The van der Waals surface area contributed by atoms with Gasteiger partial charge in [0.1, 0.15) is 5.58 Å². The van der Waals surface area contributed by atoms with Gasteiger partial charge in [0, 0.05) is 29.3 Å². The third kappa shape index (κ3) is 2.81. The average molecular weight is 321 g/mol. The summed E-state index contributed by atoms with van der Waals surface area (Å²) in [5.74, 6) is 0.0872. The standard InChI is InChI=1S/C18H15N3O3/c22-18(17-9-13-3-1-2-4-16(13)24-17)19-6-7-21-11-15(10-20-21)14-5-8-23-12-14/h1-5,8-12H,6-7H2,(H,19,22). The Morgan fingerprint density at radius 3 is 2.96 bits per heavy atom. The Bertz CT molecular complexity index is 933. The minimum atomic E-state index is -0.228. The molecular weight excluding hydrogens is 306 g/mol. The fourth-order valence-corrected chi connectivity index (χ4v) is 2.53. The van der Waals surface area contributed by atoms with Gasteiger partial charge in [-0.25, -0.2) is 0 Å². The smallest absolute Gasteiger partial charge is 0.287 e. The summed E-state index contributed by atoms with van der Waals surface area (Å²) in [6.45, 7) is 1.03. The Morgan fingerprint density at radius 1 is 1.21 bits per heavy atom. The monoisotopic (exact) mass is 321 g/mol. The molecule has 0 saturated heterocycles. The summed E-state index contributed by atoms with van der Waals surface area (Å²) in [6.07, 6.45) is 6.98. The number of hydrogen-bond acceptors (Lipinski definition) is 4. The molecule has 0 radical (unpaired) electrons. The number of aromatic nitrogens is 2. The maximum absolute atomic E-state index is 12.1. The number of rotatable bonds is 5. The van der Waals surface area contributed by atoms with Crippen molar-refractivity contribution < 1.29 is 13.6 Å². The van der Waals surface area contributed by atoms with Crippen molar-refractivity contribution in [3.63, 3.8) is 0 Å². The lowest BCUT2D eigenvalue weighted by molar-refractivity contribution is 0.0926. The van der Waals surface area contributed by atoms with Crippen LogP contribution >= 0.6 is 0 Å². The molecule has 6 nitrogen and oxygen atoms in total. The summed E-state index contributed by atoms with van der Waals surface area (Å²) < 4.78 is 12.4. The normalized spacial score (nSPS) is 11.0. The fraction of sp³-hybridized carbons (Fsp3) is 0.111. The molecule has 1 N–H and O–H groups in total. The molecule has 0 unspecified atom stereocenters. The number of fused-ring (bicyclic) bond motifs is 1. The zero-order chi connectivity index (χ0) is 16.4. The highest BCUT2D eigenvalue weighted by Gasteiger charge is 2.11. The van der Waals surface area contributed by atoms with Crippen LogP contribution in [-0.4, -0.2) is 22.2 Å². The lowest BCUT2D eigenvalue weighted by Gasteiger charge is -2.03. The number of nitrogens with zero attached hydrogens (tertiary/aromatic N) is 2. The Hall–Kier alpha value is -3.28. The van der Waals surface area contributed by atoms with Crippen molar-refractivity contribution in [2.45, 2.75) is 6.54 Å². The molecule has 0 bridgehead atoms. The first-order chi connectivity index (χ1) is 11.8. The van der Waals surface area contributed by atoms with E-state index in [9.17, 15) is 4.79 Å². The molecule has 3 aromatic heterocycles. The number of hydrogen-bond donors (Lipinski definition) is 1. The van der Waals surface area contributed by atoms with E-state index in [4.69, 9.17) is 8.83 Å². The van der Waals surface area contributed by atoms with Crippen LogP contribution in [0.2, 0.25) is 0 Å². The average Bonchev–Trinajstić information content (AvgIpc) is 3.33. The molecule has 0 saturated carbocycles. The molecule has 0 aliphatic carbocycles. The first-order valence-corrected chi connectivity index (χ1v) is 7.61. The van der Waals surface area contributed by atoms with E-state index >= 15 is 0 Å². The zero-order valence-electron chi connectivity index (χ0n) is 12.8. The van der Waals surface area contributed by atoms with Gasteiger partial charge in [-0.15, -0.1) is 0 Å². The fourth-order valence-electron chi connectivity index (χ4n) is 2.53. The third-order valence-electron chi connectivity index (χ3n) is 3.76. The minimum absolute atomic E-state index is 0.228. The number of para-hydroxylation sites is 1. The Morgan fingerprint density at radius 2 is 2.12 bits per heavy atom. The summed E-state index contributed by atoms with van der Waals surface area (Å²) in [7, 11) is 0. The second-order valence-electron chi connectivity index (χ2n) is 5.41. The summed E-state index contributed by atoms with van der Waals surface area (Å²) in [5.41, 5.74) is 2.67. The lowest BCUT2D eigenvalue weighted by Crippen LogP contribution is -2.26. The van der Waals surface area contributed by atoms with E-state index in [1.807, 2.05) is 36.5 Å². The van der Waals surface area contributed by atoms with Gasteiger partial charge in [-0.05, 0) is 18.2 Å². The highest BCUT2D eigenvalue weighted by molar-refractivity contribution is 5.96. The molecule has 0 aliphatic rings. The van der Waals surface area contributed by atoms with Crippen molar-refractivity contribution in [3.05, 3.63) is 67.1 Å². The summed E-state index contributed by atoms with van der Waals surface area (Å²) in [6, 6.07) is 11.2. The van der Waals surface area contributed by atoms with E-state index in [1.165, 1.54) is 0 Å². The van der Waals surface area contributed by atoms with E-state index in [2.05, 4.69) is 10.4 Å². The van der Waals surface area contributed by atoms with Gasteiger partial charge in [-0.1, -0.05) is 18.2 Å². The van der Waals surface area contributed by atoms with Crippen molar-refractivity contribution in [2.24, 2.45) is 0 Å². The van der Waals surface area contributed by atoms with Crippen LogP contribution in [0.3, 0.4) is 0 Å². The van der Waals surface area contributed by atoms with Crippen LogP contribution < -0.4 is 5.32 Å². The number of benzene rings is 1. The van der Waals surface area contributed by atoms with Gasteiger partial charge in [-0.2, -0.15) is 5.10 Å². The predicted octanol–water partition coefficient (Wildman–Crippen LogP) is 3.32. The first-order valence-electron chi connectivity index (χ1n) is 7.61. The van der Waals surface area contributed by atoms with Gasteiger partial charge in [0.15, 0.2) is 5.76 Å². The molecule has 120 valence electrons. The second kappa shape index (κ2) is 6.08. The van der Waals surface area contributed by atoms with Gasteiger partial charge >= 0.3 is 0 Å². The van der Waals surface area contributed by atoms with Crippen LogP contribution in [0.15, 0.2) is 70.2 Å². The number of nitrogens with one attached hydrogen (secondary N) is 1. The Kier molecular flexibility index (Phi) is 3.63. The summed E-state index contributed by atoms with van der Waals surface area (Å²) in [4.78, 5) is 12.1. The molecule has 4 aromatic rings. The highest BCUT2D eigenvalue weighted by Crippen LogP contribution is 2.19. The third-order valence-corrected chi connectivity index (χ3v) is 3.76. The van der Waals surface area contributed by atoms with Gasteiger partial charge < -0.3 is 14.2 Å². The minimum Gasteiger partial charge on any atom is -0.472 e. The largest absolute Gasteiger partial charge is 0.472 e. The number of furan rings is 2. The molecule has 24 heavy (non-hydrogen) atoms. The number of carbonyl (C=O) groups is 1. The summed E-state index contributed by atoms with van der Waals surface area (Å²) in [5, 5.41) is 8.03. The molecule has 0 fully saturated rings. The van der Waals surface area contributed by atoms with Crippen molar-refractivity contribution in [2.75, 3.05) is 6.54 Å².